The predicted molar refractivity (Wildman–Crippen MR) is 109 cm³/mol. The zero-order chi connectivity index (χ0) is 21.0. The first-order valence-corrected chi connectivity index (χ1v) is 9.75. The van der Waals surface area contributed by atoms with Gasteiger partial charge in [-0.1, -0.05) is 12.1 Å². The number of ether oxygens (including phenoxy) is 1. The summed E-state index contributed by atoms with van der Waals surface area (Å²) < 4.78 is 8.62. The Kier molecular flexibility index (Phi) is 4.12. The van der Waals surface area contributed by atoms with E-state index < -0.39 is 5.97 Å². The van der Waals surface area contributed by atoms with Gasteiger partial charge < -0.3 is 9.30 Å². The van der Waals surface area contributed by atoms with Crippen molar-refractivity contribution in [2.24, 2.45) is 7.05 Å². The number of imidazole rings is 1. The first-order valence-electron chi connectivity index (χ1n) is 9.75. The average Bonchev–Trinajstić information content (AvgIpc) is 3.38. The number of para-hydroxylation sites is 2. The van der Waals surface area contributed by atoms with Crippen LogP contribution in [-0.4, -0.2) is 47.4 Å². The smallest absolute Gasteiger partial charge is 0.376 e. The number of aromatic nitrogens is 7. The van der Waals surface area contributed by atoms with Gasteiger partial charge >= 0.3 is 5.97 Å². The second-order valence-electron chi connectivity index (χ2n) is 7.55. The first kappa shape index (κ1) is 18.4. The van der Waals surface area contributed by atoms with Crippen LogP contribution in [-0.2, 0) is 11.8 Å². The van der Waals surface area contributed by atoms with Crippen molar-refractivity contribution >= 4 is 17.0 Å². The second kappa shape index (κ2) is 6.72. The summed E-state index contributed by atoms with van der Waals surface area (Å²) in [7, 11) is 3.36. The Morgan fingerprint density at radius 1 is 1.10 bits per heavy atom. The summed E-state index contributed by atoms with van der Waals surface area (Å²) >= 11 is 0. The lowest BCUT2D eigenvalue weighted by molar-refractivity contribution is 0.0586. The van der Waals surface area contributed by atoms with Crippen LogP contribution >= 0.6 is 0 Å². The van der Waals surface area contributed by atoms with Gasteiger partial charge in [0.2, 0.25) is 5.82 Å². The van der Waals surface area contributed by atoms with Gasteiger partial charge in [-0.15, -0.1) is 5.10 Å². The highest BCUT2D eigenvalue weighted by Gasteiger charge is 2.44. The second-order valence-corrected chi connectivity index (χ2v) is 7.55. The van der Waals surface area contributed by atoms with Crippen LogP contribution in [0.5, 0.6) is 0 Å². The van der Waals surface area contributed by atoms with E-state index in [1.807, 2.05) is 45.2 Å². The Hall–Kier alpha value is -3.62. The van der Waals surface area contributed by atoms with E-state index in [2.05, 4.69) is 30.7 Å². The standard InChI is InChI=1S/C21H21N7O2/c1-11-22-12(2)28(26-11)18-10-16(23-19(25-18)21(29)30-4)13-9-14(13)20-24-15-7-5-6-8-17(15)27(20)3/h5-8,10,13-14H,9H2,1-4H3/t13-,14?/m1/s1. The molecule has 2 atom stereocenters. The molecule has 1 aliphatic rings. The van der Waals surface area contributed by atoms with Crippen molar-refractivity contribution in [2.75, 3.05) is 7.11 Å². The van der Waals surface area contributed by atoms with Crippen molar-refractivity contribution in [1.29, 1.82) is 0 Å². The Labute approximate surface area is 172 Å². The fourth-order valence-corrected chi connectivity index (χ4v) is 3.97. The van der Waals surface area contributed by atoms with Gasteiger partial charge in [0.1, 0.15) is 17.5 Å². The predicted octanol–water partition coefficient (Wildman–Crippen LogP) is 2.62. The van der Waals surface area contributed by atoms with Crippen LogP contribution in [0, 0.1) is 13.8 Å². The lowest BCUT2D eigenvalue weighted by Crippen LogP contribution is -2.13. The SMILES string of the molecule is COC(=O)c1nc([C@@H]2CC2c2nc3ccccc3n2C)cc(-n2nc(C)nc2C)n1. The van der Waals surface area contributed by atoms with Gasteiger partial charge in [-0.25, -0.2) is 24.7 Å². The summed E-state index contributed by atoms with van der Waals surface area (Å²) in [6.45, 7) is 3.66. The number of rotatable bonds is 4. The van der Waals surface area contributed by atoms with Gasteiger partial charge in [0.05, 0.1) is 23.8 Å². The molecule has 1 unspecified atom stereocenters. The minimum absolute atomic E-state index is 0.0215. The van der Waals surface area contributed by atoms with Gasteiger partial charge in [0, 0.05) is 24.9 Å². The molecule has 5 rings (SSSR count). The van der Waals surface area contributed by atoms with Crippen molar-refractivity contribution in [1.82, 2.24) is 34.3 Å². The Bertz CT molecular complexity index is 1290. The summed E-state index contributed by atoms with van der Waals surface area (Å²) in [6, 6.07) is 9.97. The summed E-state index contributed by atoms with van der Waals surface area (Å²) in [5.74, 6) is 2.68. The van der Waals surface area contributed by atoms with E-state index in [1.54, 1.807) is 4.68 Å². The maximum absolute atomic E-state index is 12.2. The Morgan fingerprint density at radius 3 is 2.60 bits per heavy atom. The third-order valence-electron chi connectivity index (χ3n) is 5.52. The van der Waals surface area contributed by atoms with Crippen molar-refractivity contribution in [3.05, 3.63) is 59.3 Å². The van der Waals surface area contributed by atoms with E-state index in [-0.39, 0.29) is 17.7 Å². The van der Waals surface area contributed by atoms with Crippen LogP contribution in [0.15, 0.2) is 30.3 Å². The van der Waals surface area contributed by atoms with Gasteiger partial charge in [-0.05, 0) is 32.4 Å². The number of benzene rings is 1. The minimum atomic E-state index is -0.576. The van der Waals surface area contributed by atoms with E-state index in [0.29, 0.717) is 17.5 Å². The fourth-order valence-electron chi connectivity index (χ4n) is 3.97. The lowest BCUT2D eigenvalue weighted by atomic mass is 10.2. The summed E-state index contributed by atoms with van der Waals surface area (Å²) in [4.78, 5) is 30.2. The normalized spacial score (nSPS) is 18.0. The molecule has 3 aromatic heterocycles. The number of carbonyl (C=O) groups excluding carboxylic acids is 1. The summed E-state index contributed by atoms with van der Waals surface area (Å²) in [6.07, 6.45) is 0.906. The number of carbonyl (C=O) groups is 1. The monoisotopic (exact) mass is 403 g/mol. The third kappa shape index (κ3) is 2.94. The topological polar surface area (TPSA) is 101 Å². The molecule has 0 bridgehead atoms. The molecule has 3 heterocycles. The molecule has 0 amide bonds. The molecule has 30 heavy (non-hydrogen) atoms. The molecular weight excluding hydrogens is 382 g/mol. The minimum Gasteiger partial charge on any atom is -0.463 e. The molecule has 0 N–H and O–H groups in total. The van der Waals surface area contributed by atoms with Crippen LogP contribution in [0.3, 0.4) is 0 Å². The van der Waals surface area contributed by atoms with E-state index >= 15 is 0 Å². The number of esters is 1. The molecule has 1 saturated carbocycles. The first-order chi connectivity index (χ1) is 14.5. The van der Waals surface area contributed by atoms with Gasteiger partial charge in [-0.3, -0.25) is 0 Å². The lowest BCUT2D eigenvalue weighted by Gasteiger charge is -2.08. The van der Waals surface area contributed by atoms with Gasteiger partial charge in [-0.2, -0.15) is 4.68 Å². The molecule has 1 aromatic carbocycles. The van der Waals surface area contributed by atoms with Crippen LogP contribution in [0.1, 0.15) is 52.0 Å². The van der Waals surface area contributed by atoms with Crippen LogP contribution in [0.25, 0.3) is 16.9 Å². The zero-order valence-corrected chi connectivity index (χ0v) is 17.2. The summed E-state index contributed by atoms with van der Waals surface area (Å²) in [5.41, 5.74) is 2.86. The van der Waals surface area contributed by atoms with E-state index in [0.717, 1.165) is 29.0 Å². The molecule has 4 aromatic rings. The maximum atomic E-state index is 12.2. The highest BCUT2D eigenvalue weighted by molar-refractivity contribution is 5.85. The maximum Gasteiger partial charge on any atom is 0.376 e. The van der Waals surface area contributed by atoms with Crippen LogP contribution in [0.4, 0.5) is 0 Å². The molecule has 1 fully saturated rings. The number of methoxy groups -OCH3 is 1. The molecular formula is C21H21N7O2. The molecule has 9 nitrogen and oxygen atoms in total. The molecule has 9 heteroatoms. The quantitative estimate of drug-likeness (QED) is 0.483. The fraction of sp³-hybridized carbons (Fsp3) is 0.333. The van der Waals surface area contributed by atoms with Crippen LogP contribution < -0.4 is 0 Å². The highest BCUT2D eigenvalue weighted by atomic mass is 16.5. The molecule has 0 radical (unpaired) electrons. The van der Waals surface area contributed by atoms with Gasteiger partial charge in [0.25, 0.3) is 0 Å². The number of hydrogen-bond acceptors (Lipinski definition) is 7. The Morgan fingerprint density at radius 2 is 1.90 bits per heavy atom. The summed E-state index contributed by atoms with van der Waals surface area (Å²) in [5, 5.41) is 4.39. The molecule has 0 aliphatic heterocycles. The van der Waals surface area contributed by atoms with Crippen molar-refractivity contribution in [2.45, 2.75) is 32.1 Å². The van der Waals surface area contributed by atoms with Gasteiger partial charge in [0.15, 0.2) is 5.82 Å². The third-order valence-corrected chi connectivity index (χ3v) is 5.52. The number of fused-ring (bicyclic) bond motifs is 1. The molecule has 0 saturated heterocycles. The highest BCUT2D eigenvalue weighted by Crippen LogP contribution is 2.54. The van der Waals surface area contributed by atoms with Crippen molar-refractivity contribution in [3.8, 4) is 5.82 Å². The molecule has 152 valence electrons. The molecule has 1 aliphatic carbocycles. The van der Waals surface area contributed by atoms with Crippen LogP contribution in [0.2, 0.25) is 0 Å². The van der Waals surface area contributed by atoms with Crippen molar-refractivity contribution in [3.63, 3.8) is 0 Å². The number of nitrogens with zero attached hydrogens (tertiary/aromatic N) is 7. The van der Waals surface area contributed by atoms with E-state index in [1.165, 1.54) is 7.11 Å². The number of hydrogen-bond donors (Lipinski definition) is 0. The molecule has 0 spiro atoms. The largest absolute Gasteiger partial charge is 0.463 e. The number of aryl methyl sites for hydroxylation is 3. The zero-order valence-electron chi connectivity index (χ0n) is 17.2. The van der Waals surface area contributed by atoms with E-state index in [4.69, 9.17) is 9.72 Å². The van der Waals surface area contributed by atoms with Crippen molar-refractivity contribution < 1.29 is 9.53 Å². The van der Waals surface area contributed by atoms with E-state index in [9.17, 15) is 4.79 Å². The Balaban J connectivity index is 1.55. The average molecular weight is 403 g/mol.